The summed E-state index contributed by atoms with van der Waals surface area (Å²) in [7, 11) is 0. The molecule has 3 aromatic carbocycles. The van der Waals surface area contributed by atoms with Gasteiger partial charge >= 0.3 is 0 Å². The zero-order valence-electron chi connectivity index (χ0n) is 26.1. The van der Waals surface area contributed by atoms with Crippen molar-refractivity contribution in [3.05, 3.63) is 131 Å². The Morgan fingerprint density at radius 2 is 1.43 bits per heavy atom. The van der Waals surface area contributed by atoms with Gasteiger partial charge in [-0.3, -0.25) is 24.2 Å². The molecule has 0 bridgehead atoms. The highest BCUT2D eigenvalue weighted by molar-refractivity contribution is 5.96. The number of aromatic nitrogens is 1. The van der Waals surface area contributed by atoms with Crippen molar-refractivity contribution >= 4 is 29.3 Å². The number of nitrogens with one attached hydrogen (secondary N) is 4. The summed E-state index contributed by atoms with van der Waals surface area (Å²) in [5.74, 6) is -1.59. The van der Waals surface area contributed by atoms with E-state index in [2.05, 4.69) is 26.3 Å². The Morgan fingerprint density at radius 3 is 2.22 bits per heavy atom. The summed E-state index contributed by atoms with van der Waals surface area (Å²) >= 11 is 0. The molecule has 2 heterocycles. The van der Waals surface area contributed by atoms with Crippen molar-refractivity contribution in [2.75, 3.05) is 5.32 Å². The van der Waals surface area contributed by atoms with Crippen LogP contribution in [0.25, 0.3) is 0 Å². The van der Waals surface area contributed by atoms with Crippen LogP contribution in [-0.2, 0) is 44.9 Å². The fourth-order valence-electron chi connectivity index (χ4n) is 5.74. The smallest absolute Gasteiger partial charge is 0.243 e. The number of para-hydroxylation sites is 1. The van der Waals surface area contributed by atoms with E-state index in [4.69, 9.17) is 0 Å². The van der Waals surface area contributed by atoms with Crippen molar-refractivity contribution in [1.82, 2.24) is 20.9 Å². The fourth-order valence-corrected chi connectivity index (χ4v) is 5.74. The lowest BCUT2D eigenvalue weighted by Crippen LogP contribution is -2.56. The third-order valence-electron chi connectivity index (χ3n) is 8.12. The van der Waals surface area contributed by atoms with Gasteiger partial charge in [-0.25, -0.2) is 0 Å². The van der Waals surface area contributed by atoms with Gasteiger partial charge in [-0.15, -0.1) is 0 Å². The van der Waals surface area contributed by atoms with Gasteiger partial charge in [-0.05, 0) is 60.2 Å². The number of benzene rings is 3. The lowest BCUT2D eigenvalue weighted by Gasteiger charge is -2.26. The molecule has 4 N–H and O–H groups in total. The molecule has 1 aliphatic rings. The van der Waals surface area contributed by atoms with Crippen LogP contribution in [0.1, 0.15) is 39.8 Å². The van der Waals surface area contributed by atoms with E-state index in [1.54, 1.807) is 42.7 Å². The summed E-state index contributed by atoms with van der Waals surface area (Å²) in [5, 5.41) is 11.8. The Labute approximate surface area is 269 Å². The minimum atomic E-state index is -0.988. The van der Waals surface area contributed by atoms with Gasteiger partial charge in [0.15, 0.2) is 0 Å². The number of aryl methyl sites for hydroxylation is 2. The van der Waals surface area contributed by atoms with Crippen molar-refractivity contribution in [1.29, 1.82) is 0 Å². The van der Waals surface area contributed by atoms with Crippen LogP contribution in [0.15, 0.2) is 97.3 Å². The van der Waals surface area contributed by atoms with Crippen LogP contribution < -0.4 is 21.3 Å². The summed E-state index contributed by atoms with van der Waals surface area (Å²) in [6.07, 6.45) is 4.05. The van der Waals surface area contributed by atoms with Gasteiger partial charge in [-0.1, -0.05) is 78.4 Å². The first-order valence-electron chi connectivity index (χ1n) is 15.5. The number of amides is 4. The molecule has 236 valence electrons. The molecule has 0 aliphatic carbocycles. The molecule has 1 aromatic heterocycles. The van der Waals surface area contributed by atoms with Crippen LogP contribution in [0.3, 0.4) is 0 Å². The van der Waals surface area contributed by atoms with Crippen LogP contribution in [0.2, 0.25) is 0 Å². The molecule has 9 nitrogen and oxygen atoms in total. The summed E-state index contributed by atoms with van der Waals surface area (Å²) in [4.78, 5) is 59.0. The highest BCUT2D eigenvalue weighted by Crippen LogP contribution is 2.19. The Kier molecular flexibility index (Phi) is 10.5. The first kappa shape index (κ1) is 32.1. The molecule has 0 saturated heterocycles. The Morgan fingerprint density at radius 1 is 0.696 bits per heavy atom. The van der Waals surface area contributed by atoms with E-state index in [9.17, 15) is 19.2 Å². The highest BCUT2D eigenvalue weighted by atomic mass is 16.2. The van der Waals surface area contributed by atoms with E-state index in [0.29, 0.717) is 17.7 Å². The molecule has 5 rings (SSSR count). The lowest BCUT2D eigenvalue weighted by atomic mass is 9.98. The second kappa shape index (κ2) is 15.1. The van der Waals surface area contributed by atoms with Gasteiger partial charge in [0.2, 0.25) is 23.6 Å². The Bertz CT molecular complexity index is 1710. The predicted molar refractivity (Wildman–Crippen MR) is 177 cm³/mol. The van der Waals surface area contributed by atoms with E-state index in [-0.39, 0.29) is 37.5 Å². The first-order chi connectivity index (χ1) is 22.2. The average molecular weight is 618 g/mol. The van der Waals surface area contributed by atoms with Crippen LogP contribution >= 0.6 is 0 Å². The van der Waals surface area contributed by atoms with Gasteiger partial charge in [0, 0.05) is 43.4 Å². The second-order valence-corrected chi connectivity index (χ2v) is 11.9. The van der Waals surface area contributed by atoms with Gasteiger partial charge < -0.3 is 21.3 Å². The third-order valence-corrected chi connectivity index (χ3v) is 8.12. The fraction of sp³-hybridized carbons (Fsp3) is 0.270. The van der Waals surface area contributed by atoms with Gasteiger partial charge in [-0.2, -0.15) is 0 Å². The third kappa shape index (κ3) is 8.88. The summed E-state index contributed by atoms with van der Waals surface area (Å²) in [6.45, 7) is 3.94. The molecule has 0 fully saturated rings. The topological polar surface area (TPSA) is 129 Å². The number of hydrogen-bond donors (Lipinski definition) is 4. The monoisotopic (exact) mass is 617 g/mol. The maximum absolute atomic E-state index is 14.0. The Hall–Kier alpha value is -5.31. The molecule has 9 heteroatoms. The minimum Gasteiger partial charge on any atom is -0.351 e. The average Bonchev–Trinajstić information content (AvgIpc) is 3.02. The van der Waals surface area contributed by atoms with Crippen LogP contribution in [0, 0.1) is 13.8 Å². The number of carbonyl (C=O) groups excluding carboxylic acids is 4. The van der Waals surface area contributed by atoms with Gasteiger partial charge in [0.05, 0.1) is 6.42 Å². The molecular formula is C37H39N5O4. The molecule has 46 heavy (non-hydrogen) atoms. The molecule has 4 aromatic rings. The van der Waals surface area contributed by atoms with Crippen LogP contribution in [0.5, 0.6) is 0 Å². The summed E-state index contributed by atoms with van der Waals surface area (Å²) in [5.41, 5.74) is 5.80. The van der Waals surface area contributed by atoms with E-state index < -0.39 is 29.9 Å². The zero-order chi connectivity index (χ0) is 32.5. The SMILES string of the molecule is Cc1cccc(C[C@H]2CC(=O)Nc3ccccc3CC(=O)N[C@@H](Cc3ccccc3C)C(=O)N[C@@H](Cc3cccnc3)C(=O)N2)c1. The first-order valence-corrected chi connectivity index (χ1v) is 15.5. The standard InChI is InChI=1S/C37H39N5O4/c1-24-9-7-11-26(17-24)18-30-22-35(44)40-31-15-6-5-14-29(31)21-34(43)41-33(20-28-13-4-3-10-25(28)2)37(46)42-32(36(45)39-30)19-27-12-8-16-38-23-27/h3-17,23,30,32-33H,18-22H2,1-2H3,(H,39,45)(H,40,44)(H,41,43)(H,42,46)/t30-,32-,33-/m0/s1. The number of nitrogens with zero attached hydrogens (tertiary/aromatic N) is 1. The predicted octanol–water partition coefficient (Wildman–Crippen LogP) is 3.77. The van der Waals surface area contributed by atoms with E-state index in [0.717, 1.165) is 27.8 Å². The van der Waals surface area contributed by atoms with Gasteiger partial charge in [0.1, 0.15) is 12.1 Å². The van der Waals surface area contributed by atoms with E-state index in [1.807, 2.05) is 68.4 Å². The van der Waals surface area contributed by atoms with Crippen molar-refractivity contribution in [2.24, 2.45) is 0 Å². The second-order valence-electron chi connectivity index (χ2n) is 11.9. The van der Waals surface area contributed by atoms with Crippen molar-refractivity contribution in [2.45, 2.75) is 64.1 Å². The molecule has 3 atom stereocenters. The number of pyridine rings is 1. The van der Waals surface area contributed by atoms with E-state index >= 15 is 0 Å². The number of hydrogen-bond acceptors (Lipinski definition) is 5. The normalized spacial score (nSPS) is 19.4. The molecule has 4 amide bonds. The molecule has 0 radical (unpaired) electrons. The molecule has 1 aliphatic heterocycles. The van der Waals surface area contributed by atoms with E-state index in [1.165, 1.54) is 0 Å². The van der Waals surface area contributed by atoms with Crippen molar-refractivity contribution in [3.63, 3.8) is 0 Å². The number of carbonyl (C=O) groups is 4. The lowest BCUT2D eigenvalue weighted by molar-refractivity contribution is -0.132. The summed E-state index contributed by atoms with van der Waals surface area (Å²) in [6, 6.07) is 23.8. The molecule has 0 spiro atoms. The minimum absolute atomic E-state index is 0.0102. The molecule has 0 saturated carbocycles. The van der Waals surface area contributed by atoms with Crippen LogP contribution in [-0.4, -0.2) is 46.7 Å². The molecule has 0 unspecified atom stereocenters. The Balaban J connectivity index is 1.51. The van der Waals surface area contributed by atoms with Crippen molar-refractivity contribution in [3.8, 4) is 0 Å². The maximum Gasteiger partial charge on any atom is 0.243 e. The van der Waals surface area contributed by atoms with Gasteiger partial charge in [0.25, 0.3) is 0 Å². The number of rotatable bonds is 6. The molecular weight excluding hydrogens is 578 g/mol. The van der Waals surface area contributed by atoms with Crippen LogP contribution in [0.4, 0.5) is 5.69 Å². The largest absolute Gasteiger partial charge is 0.351 e. The number of fused-ring (bicyclic) bond motifs is 1. The summed E-state index contributed by atoms with van der Waals surface area (Å²) < 4.78 is 0. The van der Waals surface area contributed by atoms with Crippen molar-refractivity contribution < 1.29 is 19.2 Å². The maximum atomic E-state index is 14.0. The quantitative estimate of drug-likeness (QED) is 0.262. The number of anilines is 1. The zero-order valence-corrected chi connectivity index (χ0v) is 26.1. The highest BCUT2D eigenvalue weighted by Gasteiger charge is 2.30.